The smallest absolute Gasteiger partial charge is 0.131 e. The summed E-state index contributed by atoms with van der Waals surface area (Å²) in [7, 11) is 4.43. The molecule has 1 aliphatic rings. The molecule has 0 unspecified atom stereocenters. The van der Waals surface area contributed by atoms with Gasteiger partial charge in [0.25, 0.3) is 0 Å². The van der Waals surface area contributed by atoms with E-state index in [2.05, 4.69) is 34.1 Å². The fourth-order valence-corrected chi connectivity index (χ4v) is 3.36. The zero-order valence-electron chi connectivity index (χ0n) is 11.7. The third-order valence-corrected chi connectivity index (χ3v) is 4.58. The van der Waals surface area contributed by atoms with E-state index < -0.39 is 0 Å². The van der Waals surface area contributed by atoms with Crippen LogP contribution in [0.15, 0.2) is 0 Å². The Morgan fingerprint density at radius 2 is 1.89 bits per heavy atom. The Bertz CT molecular complexity index is 360. The van der Waals surface area contributed by atoms with E-state index >= 15 is 0 Å². The van der Waals surface area contributed by atoms with Crippen LogP contribution in [0.5, 0.6) is 0 Å². The Morgan fingerprint density at radius 1 is 1.17 bits per heavy atom. The summed E-state index contributed by atoms with van der Waals surface area (Å²) in [6, 6.07) is 0.821. The molecule has 2 rings (SSSR count). The van der Waals surface area contributed by atoms with Crippen molar-refractivity contribution in [3.63, 3.8) is 0 Å². The van der Waals surface area contributed by atoms with Crippen molar-refractivity contribution in [2.75, 3.05) is 27.2 Å². The first kappa shape index (κ1) is 13.9. The van der Waals surface area contributed by atoms with E-state index in [-0.39, 0.29) is 0 Å². The van der Waals surface area contributed by atoms with E-state index in [0.29, 0.717) is 0 Å². The van der Waals surface area contributed by atoms with Crippen LogP contribution < -0.4 is 0 Å². The van der Waals surface area contributed by atoms with Gasteiger partial charge < -0.3 is 4.90 Å². The Balaban J connectivity index is 1.69. The van der Waals surface area contributed by atoms with Gasteiger partial charge in [-0.15, -0.1) is 21.5 Å². The summed E-state index contributed by atoms with van der Waals surface area (Å²) in [5, 5.41) is 10.4. The van der Waals surface area contributed by atoms with Crippen molar-refractivity contribution in [3.8, 4) is 0 Å². The van der Waals surface area contributed by atoms with E-state index in [1.54, 1.807) is 11.3 Å². The molecular weight excluding hydrogens is 244 g/mol. The molecular formula is C13H24N4S. The lowest BCUT2D eigenvalue weighted by Crippen LogP contribution is -2.36. The lowest BCUT2D eigenvalue weighted by atomic mass is 10.2. The lowest BCUT2D eigenvalue weighted by molar-refractivity contribution is 0.204. The maximum absolute atomic E-state index is 4.17. The lowest BCUT2D eigenvalue weighted by Gasteiger charge is -2.26. The van der Waals surface area contributed by atoms with Gasteiger partial charge in [-0.2, -0.15) is 0 Å². The number of aryl methyl sites for hydroxylation is 1. The highest BCUT2D eigenvalue weighted by atomic mass is 32.1. The van der Waals surface area contributed by atoms with Gasteiger partial charge in [0.2, 0.25) is 0 Å². The maximum atomic E-state index is 4.17. The van der Waals surface area contributed by atoms with Crippen LogP contribution in [0, 0.1) is 6.92 Å². The first-order valence-electron chi connectivity index (χ1n) is 6.83. The third kappa shape index (κ3) is 4.00. The predicted molar refractivity (Wildman–Crippen MR) is 75.9 cm³/mol. The molecule has 1 heterocycles. The summed E-state index contributed by atoms with van der Waals surface area (Å²) < 4.78 is 0. The Morgan fingerprint density at radius 3 is 2.50 bits per heavy atom. The first-order chi connectivity index (χ1) is 8.65. The van der Waals surface area contributed by atoms with Crippen molar-refractivity contribution in [2.45, 2.75) is 45.2 Å². The third-order valence-electron chi connectivity index (χ3n) is 3.76. The van der Waals surface area contributed by atoms with E-state index in [4.69, 9.17) is 0 Å². The van der Waals surface area contributed by atoms with Gasteiger partial charge in [-0.25, -0.2) is 0 Å². The fourth-order valence-electron chi connectivity index (χ4n) is 2.57. The molecule has 1 aromatic heterocycles. The molecule has 0 aliphatic heterocycles. The van der Waals surface area contributed by atoms with Crippen LogP contribution in [0.4, 0.5) is 0 Å². The number of aromatic nitrogens is 2. The highest BCUT2D eigenvalue weighted by Gasteiger charge is 2.19. The van der Waals surface area contributed by atoms with Crippen molar-refractivity contribution in [1.82, 2.24) is 20.0 Å². The summed E-state index contributed by atoms with van der Waals surface area (Å²) in [6.07, 6.45) is 5.59. The van der Waals surface area contributed by atoms with Crippen LogP contribution in [0.1, 0.15) is 35.7 Å². The highest BCUT2D eigenvalue weighted by Crippen LogP contribution is 2.22. The largest absolute Gasteiger partial charge is 0.302 e. The molecule has 5 heteroatoms. The Labute approximate surface area is 114 Å². The average Bonchev–Trinajstić information content (AvgIpc) is 2.97. The summed E-state index contributed by atoms with van der Waals surface area (Å²) >= 11 is 1.70. The molecule has 0 aromatic carbocycles. The number of nitrogens with zero attached hydrogens (tertiary/aromatic N) is 4. The van der Waals surface area contributed by atoms with Crippen molar-refractivity contribution < 1.29 is 0 Å². The molecule has 102 valence electrons. The van der Waals surface area contributed by atoms with E-state index in [1.807, 2.05) is 6.92 Å². The molecule has 1 saturated carbocycles. The standard InChI is InChI=1S/C13H24N4S/c1-11-14-15-13(18-11)10-16(2)8-9-17(3)12-6-4-5-7-12/h12H,4-10H2,1-3H3. The van der Waals surface area contributed by atoms with Crippen LogP contribution >= 0.6 is 11.3 Å². The molecule has 0 amide bonds. The normalized spacial score (nSPS) is 17.2. The maximum Gasteiger partial charge on any atom is 0.131 e. The molecule has 0 radical (unpaired) electrons. The topological polar surface area (TPSA) is 32.3 Å². The van der Waals surface area contributed by atoms with Crippen molar-refractivity contribution in [3.05, 3.63) is 10.0 Å². The van der Waals surface area contributed by atoms with Gasteiger partial charge in [0.15, 0.2) is 0 Å². The van der Waals surface area contributed by atoms with Gasteiger partial charge in [-0.05, 0) is 33.9 Å². The number of hydrogen-bond donors (Lipinski definition) is 0. The van der Waals surface area contributed by atoms with Crippen LogP contribution in [-0.2, 0) is 6.54 Å². The van der Waals surface area contributed by atoms with Crippen LogP contribution in [-0.4, -0.2) is 53.2 Å². The van der Waals surface area contributed by atoms with Crippen molar-refractivity contribution in [2.24, 2.45) is 0 Å². The summed E-state index contributed by atoms with van der Waals surface area (Å²) in [5.74, 6) is 0. The van der Waals surface area contributed by atoms with E-state index in [9.17, 15) is 0 Å². The summed E-state index contributed by atoms with van der Waals surface area (Å²) in [4.78, 5) is 4.86. The number of likely N-dealkylation sites (N-methyl/N-ethyl adjacent to an activating group) is 2. The second kappa shape index (κ2) is 6.59. The molecule has 0 bridgehead atoms. The van der Waals surface area contributed by atoms with Gasteiger partial charge >= 0.3 is 0 Å². The van der Waals surface area contributed by atoms with Crippen molar-refractivity contribution in [1.29, 1.82) is 0 Å². The van der Waals surface area contributed by atoms with E-state index in [0.717, 1.165) is 35.7 Å². The van der Waals surface area contributed by atoms with Gasteiger partial charge in [0.05, 0.1) is 6.54 Å². The van der Waals surface area contributed by atoms with Gasteiger partial charge in [-0.1, -0.05) is 12.8 Å². The zero-order chi connectivity index (χ0) is 13.0. The van der Waals surface area contributed by atoms with E-state index in [1.165, 1.54) is 25.7 Å². The van der Waals surface area contributed by atoms with Gasteiger partial charge in [0.1, 0.15) is 10.0 Å². The first-order valence-corrected chi connectivity index (χ1v) is 7.64. The van der Waals surface area contributed by atoms with Crippen LogP contribution in [0.2, 0.25) is 0 Å². The highest BCUT2D eigenvalue weighted by molar-refractivity contribution is 7.11. The molecule has 1 aliphatic carbocycles. The minimum absolute atomic E-state index is 0.821. The summed E-state index contributed by atoms with van der Waals surface area (Å²) in [5.41, 5.74) is 0. The molecule has 1 fully saturated rings. The number of hydrogen-bond acceptors (Lipinski definition) is 5. The second-order valence-corrected chi connectivity index (χ2v) is 6.64. The molecule has 4 nitrogen and oxygen atoms in total. The Hall–Kier alpha value is -0.520. The fraction of sp³-hybridized carbons (Fsp3) is 0.846. The molecule has 18 heavy (non-hydrogen) atoms. The molecule has 0 saturated heterocycles. The molecule has 0 N–H and O–H groups in total. The Kier molecular flexibility index (Phi) is 5.09. The number of rotatable bonds is 6. The molecule has 0 atom stereocenters. The summed E-state index contributed by atoms with van der Waals surface area (Å²) in [6.45, 7) is 5.18. The predicted octanol–water partition coefficient (Wildman–Crippen LogP) is 2.15. The zero-order valence-corrected chi connectivity index (χ0v) is 12.5. The quantitative estimate of drug-likeness (QED) is 0.791. The minimum Gasteiger partial charge on any atom is -0.302 e. The van der Waals surface area contributed by atoms with Crippen molar-refractivity contribution >= 4 is 11.3 Å². The van der Waals surface area contributed by atoms with Crippen LogP contribution in [0.25, 0.3) is 0 Å². The molecule has 0 spiro atoms. The average molecular weight is 268 g/mol. The van der Waals surface area contributed by atoms with Gasteiger partial charge in [0, 0.05) is 19.1 Å². The SMILES string of the molecule is Cc1nnc(CN(C)CCN(C)C2CCCC2)s1. The van der Waals surface area contributed by atoms with Gasteiger partial charge in [-0.3, -0.25) is 4.90 Å². The minimum atomic E-state index is 0.821. The monoisotopic (exact) mass is 268 g/mol. The van der Waals surface area contributed by atoms with Crippen LogP contribution in [0.3, 0.4) is 0 Å². The molecule has 1 aromatic rings. The second-order valence-electron chi connectivity index (χ2n) is 5.37.